The maximum atomic E-state index is 6.12. The lowest BCUT2D eigenvalue weighted by molar-refractivity contribution is 0.528. The fourth-order valence-electron chi connectivity index (χ4n) is 1.89. The van der Waals surface area contributed by atoms with Crippen LogP contribution in [0.2, 0.25) is 5.02 Å². The summed E-state index contributed by atoms with van der Waals surface area (Å²) < 4.78 is 6.55. The van der Waals surface area contributed by atoms with Crippen LogP contribution in [0.4, 0.5) is 0 Å². The van der Waals surface area contributed by atoms with Crippen molar-refractivity contribution in [3.63, 3.8) is 0 Å². The Morgan fingerprint density at radius 1 is 1.21 bits per heavy atom. The van der Waals surface area contributed by atoms with Crippen molar-refractivity contribution in [2.75, 3.05) is 0 Å². The number of halogens is 2. The summed E-state index contributed by atoms with van der Waals surface area (Å²) in [6.07, 6.45) is 3.22. The summed E-state index contributed by atoms with van der Waals surface area (Å²) in [5.74, 6) is 0.681. The molecule has 3 rings (SSSR count). The van der Waals surface area contributed by atoms with Crippen molar-refractivity contribution in [2.24, 2.45) is 0 Å². The van der Waals surface area contributed by atoms with E-state index in [4.69, 9.17) is 16.0 Å². The molecule has 2 heterocycles. The molecular formula is C14H10BrClN2O. The van der Waals surface area contributed by atoms with Crippen LogP contribution in [-0.2, 0) is 12.8 Å². The Balaban J connectivity index is 1.80. The van der Waals surface area contributed by atoms with E-state index in [1.807, 2.05) is 30.3 Å². The van der Waals surface area contributed by atoms with E-state index < -0.39 is 0 Å². The Labute approximate surface area is 123 Å². The molecule has 0 N–H and O–H groups in total. The van der Waals surface area contributed by atoms with Crippen molar-refractivity contribution in [1.82, 2.24) is 9.97 Å². The van der Waals surface area contributed by atoms with Crippen LogP contribution < -0.4 is 0 Å². The summed E-state index contributed by atoms with van der Waals surface area (Å²) in [6, 6.07) is 9.68. The SMILES string of the molecule is Clc1ccccc1CCc1nc2ncc(Br)cc2o1. The van der Waals surface area contributed by atoms with Gasteiger partial charge in [0.25, 0.3) is 0 Å². The van der Waals surface area contributed by atoms with Crippen molar-refractivity contribution < 1.29 is 4.42 Å². The molecule has 5 heteroatoms. The molecule has 0 unspecified atom stereocenters. The summed E-state index contributed by atoms with van der Waals surface area (Å²) in [4.78, 5) is 8.55. The number of oxazole rings is 1. The van der Waals surface area contributed by atoms with E-state index >= 15 is 0 Å². The largest absolute Gasteiger partial charge is 0.439 e. The van der Waals surface area contributed by atoms with Crippen LogP contribution in [0.15, 0.2) is 45.4 Å². The number of fused-ring (bicyclic) bond motifs is 1. The van der Waals surface area contributed by atoms with Crippen molar-refractivity contribution >= 4 is 38.8 Å². The van der Waals surface area contributed by atoms with Crippen LogP contribution in [0.5, 0.6) is 0 Å². The molecule has 0 fully saturated rings. The first-order valence-corrected chi connectivity index (χ1v) is 7.04. The molecule has 0 amide bonds. The van der Waals surface area contributed by atoms with Gasteiger partial charge in [-0.3, -0.25) is 0 Å². The van der Waals surface area contributed by atoms with Gasteiger partial charge in [-0.25, -0.2) is 4.98 Å². The maximum absolute atomic E-state index is 6.12. The third kappa shape index (κ3) is 2.80. The lowest BCUT2D eigenvalue weighted by Gasteiger charge is -2.00. The number of pyridine rings is 1. The van der Waals surface area contributed by atoms with Crippen LogP contribution in [0.1, 0.15) is 11.5 Å². The van der Waals surface area contributed by atoms with Crippen molar-refractivity contribution in [3.05, 3.63) is 57.5 Å². The molecule has 3 nitrogen and oxygen atoms in total. The molecule has 0 spiro atoms. The van der Waals surface area contributed by atoms with Crippen LogP contribution in [-0.4, -0.2) is 9.97 Å². The highest BCUT2D eigenvalue weighted by atomic mass is 79.9. The predicted octanol–water partition coefficient (Wildman–Crippen LogP) is 4.42. The molecule has 0 aliphatic carbocycles. The van der Waals surface area contributed by atoms with E-state index in [0.717, 1.165) is 21.5 Å². The van der Waals surface area contributed by atoms with Crippen molar-refractivity contribution in [1.29, 1.82) is 0 Å². The first-order valence-electron chi connectivity index (χ1n) is 5.87. The van der Waals surface area contributed by atoms with E-state index in [9.17, 15) is 0 Å². The molecule has 1 aromatic carbocycles. The number of benzene rings is 1. The van der Waals surface area contributed by atoms with E-state index in [0.29, 0.717) is 23.5 Å². The van der Waals surface area contributed by atoms with Gasteiger partial charge in [-0.15, -0.1) is 0 Å². The van der Waals surface area contributed by atoms with E-state index in [1.54, 1.807) is 6.20 Å². The van der Waals surface area contributed by atoms with Gasteiger partial charge in [-0.1, -0.05) is 29.8 Å². The molecule has 19 heavy (non-hydrogen) atoms. The van der Waals surface area contributed by atoms with E-state index in [-0.39, 0.29) is 0 Å². The molecule has 0 bridgehead atoms. The Kier molecular flexibility index (Phi) is 3.53. The molecular weight excluding hydrogens is 328 g/mol. The van der Waals surface area contributed by atoms with E-state index in [1.165, 1.54) is 0 Å². The van der Waals surface area contributed by atoms with Crippen molar-refractivity contribution in [3.8, 4) is 0 Å². The van der Waals surface area contributed by atoms with Gasteiger partial charge in [0, 0.05) is 28.2 Å². The maximum Gasteiger partial charge on any atom is 0.198 e. The molecule has 0 radical (unpaired) electrons. The monoisotopic (exact) mass is 336 g/mol. The summed E-state index contributed by atoms with van der Waals surface area (Å²) >= 11 is 9.48. The standard InChI is InChI=1S/C14H10BrClN2O/c15-10-7-12-14(17-8-10)18-13(19-12)6-5-9-3-1-2-4-11(9)16/h1-4,7-8H,5-6H2. The normalized spacial score (nSPS) is 11.1. The molecule has 0 saturated heterocycles. The second kappa shape index (κ2) is 5.31. The first-order chi connectivity index (χ1) is 9.22. The molecule has 0 atom stereocenters. The van der Waals surface area contributed by atoms with Gasteiger partial charge in [-0.05, 0) is 34.0 Å². The van der Waals surface area contributed by atoms with Crippen LogP contribution >= 0.6 is 27.5 Å². The number of nitrogens with zero attached hydrogens (tertiary/aromatic N) is 2. The van der Waals surface area contributed by atoms with Crippen LogP contribution in [0.3, 0.4) is 0 Å². The third-order valence-electron chi connectivity index (χ3n) is 2.82. The van der Waals surface area contributed by atoms with Crippen LogP contribution in [0.25, 0.3) is 11.2 Å². The summed E-state index contributed by atoms with van der Waals surface area (Å²) in [6.45, 7) is 0. The zero-order valence-corrected chi connectivity index (χ0v) is 12.3. The van der Waals surface area contributed by atoms with Gasteiger partial charge in [0.15, 0.2) is 17.1 Å². The Morgan fingerprint density at radius 3 is 2.89 bits per heavy atom. The number of hydrogen-bond donors (Lipinski definition) is 0. The number of hydrogen-bond acceptors (Lipinski definition) is 3. The molecule has 0 aliphatic heterocycles. The first kappa shape index (κ1) is 12.6. The topological polar surface area (TPSA) is 38.9 Å². The average molecular weight is 338 g/mol. The quantitative estimate of drug-likeness (QED) is 0.710. The van der Waals surface area contributed by atoms with Crippen LogP contribution in [0, 0.1) is 0 Å². The highest BCUT2D eigenvalue weighted by molar-refractivity contribution is 9.10. The van der Waals surface area contributed by atoms with Gasteiger partial charge in [0.2, 0.25) is 0 Å². The molecule has 96 valence electrons. The highest BCUT2D eigenvalue weighted by Gasteiger charge is 2.08. The molecule has 2 aromatic heterocycles. The minimum absolute atomic E-state index is 0.636. The highest BCUT2D eigenvalue weighted by Crippen LogP contribution is 2.20. The minimum Gasteiger partial charge on any atom is -0.439 e. The van der Waals surface area contributed by atoms with E-state index in [2.05, 4.69) is 25.9 Å². The Hall–Kier alpha value is -1.39. The minimum atomic E-state index is 0.636. The Bertz CT molecular complexity index is 726. The number of rotatable bonds is 3. The second-order valence-electron chi connectivity index (χ2n) is 4.17. The zero-order chi connectivity index (χ0) is 13.2. The fraction of sp³-hybridized carbons (Fsp3) is 0.143. The lowest BCUT2D eigenvalue weighted by atomic mass is 10.1. The molecule has 3 aromatic rings. The molecule has 0 saturated carbocycles. The second-order valence-corrected chi connectivity index (χ2v) is 5.50. The van der Waals surface area contributed by atoms with Crippen molar-refractivity contribution in [2.45, 2.75) is 12.8 Å². The number of aromatic nitrogens is 2. The summed E-state index contributed by atoms with van der Waals surface area (Å²) in [5.41, 5.74) is 2.43. The fourth-order valence-corrected chi connectivity index (χ4v) is 2.43. The van der Waals surface area contributed by atoms with Gasteiger partial charge in [0.1, 0.15) is 0 Å². The third-order valence-corrected chi connectivity index (χ3v) is 3.63. The summed E-state index contributed by atoms with van der Waals surface area (Å²) in [5, 5.41) is 0.777. The van der Waals surface area contributed by atoms with Gasteiger partial charge >= 0.3 is 0 Å². The Morgan fingerprint density at radius 2 is 2.05 bits per heavy atom. The zero-order valence-electron chi connectivity index (χ0n) is 9.94. The lowest BCUT2D eigenvalue weighted by Crippen LogP contribution is -1.92. The molecule has 0 aliphatic rings. The van der Waals surface area contributed by atoms with Gasteiger partial charge in [0.05, 0.1) is 0 Å². The summed E-state index contributed by atoms with van der Waals surface area (Å²) in [7, 11) is 0. The van der Waals surface area contributed by atoms with Gasteiger partial charge in [-0.2, -0.15) is 4.98 Å². The smallest absolute Gasteiger partial charge is 0.198 e. The average Bonchev–Trinajstić information content (AvgIpc) is 2.79. The predicted molar refractivity (Wildman–Crippen MR) is 78.4 cm³/mol. The number of aryl methyl sites for hydroxylation is 2. The van der Waals surface area contributed by atoms with Gasteiger partial charge < -0.3 is 4.42 Å².